The monoisotopic (exact) mass is 283 g/mol. The number of carbonyl (C=O) groups excluding carboxylic acids is 1. The number of hydrogen-bond acceptors (Lipinski definition) is 3. The van der Waals surface area contributed by atoms with Crippen molar-refractivity contribution in [3.63, 3.8) is 0 Å². The van der Waals surface area contributed by atoms with Gasteiger partial charge >= 0.3 is 19.4 Å². The maximum absolute atomic E-state index is 11.2. The van der Waals surface area contributed by atoms with Crippen LogP contribution in [0.25, 0.3) is 0 Å². The Kier molecular flexibility index (Phi) is 4.56. The van der Waals surface area contributed by atoms with E-state index >= 15 is 0 Å². The van der Waals surface area contributed by atoms with Crippen LogP contribution in [-0.2, 0) is 24.2 Å². The lowest BCUT2D eigenvalue weighted by molar-refractivity contribution is -0.113. The van der Waals surface area contributed by atoms with Crippen LogP contribution in [0.4, 0.5) is 5.82 Å². The lowest BCUT2D eigenvalue weighted by Gasteiger charge is -1.98. The van der Waals surface area contributed by atoms with Gasteiger partial charge in [-0.1, -0.05) is 11.6 Å². The highest BCUT2D eigenvalue weighted by molar-refractivity contribution is 8.34. The number of halogens is 1. The summed E-state index contributed by atoms with van der Waals surface area (Å²) in [5.41, 5.74) is 0. The third kappa shape index (κ3) is 5.33. The van der Waals surface area contributed by atoms with Crippen molar-refractivity contribution < 1.29 is 18.1 Å². The number of rotatable bonds is 3. The Morgan fingerprint density at radius 2 is 2.25 bits per heavy atom. The minimum absolute atomic E-state index is 0.237. The van der Waals surface area contributed by atoms with Gasteiger partial charge in [-0.25, -0.2) is 4.98 Å². The molecule has 0 fully saturated rings. The fraction of sp³-hybridized carbons (Fsp3) is 0.143. The second-order valence-electron chi connectivity index (χ2n) is 2.62. The number of nitrogens with one attached hydrogen (secondary N) is 1. The minimum Gasteiger partial charge on any atom is -0.306 e. The summed E-state index contributed by atoms with van der Waals surface area (Å²) in [4.78, 5) is 15.0. The number of aromatic nitrogens is 1. The van der Waals surface area contributed by atoms with E-state index < -0.39 is 15.0 Å². The number of carbonyl (C=O) groups is 1. The molecule has 1 amide bonds. The van der Waals surface area contributed by atoms with Crippen molar-refractivity contribution in [1.29, 1.82) is 0 Å². The molecule has 9 heteroatoms. The van der Waals surface area contributed by atoms with Crippen LogP contribution in [0.5, 0.6) is 0 Å². The Bertz CT molecular complexity index is 488. The van der Waals surface area contributed by atoms with Crippen molar-refractivity contribution in [2.24, 2.45) is 0 Å². The SMILES string of the molecule is O=C(C[S+]=S(=O)(O)O)Nc1ccc(Cl)cn1. The molecule has 0 aliphatic carbocycles. The Morgan fingerprint density at radius 1 is 1.56 bits per heavy atom. The normalized spacial score (nSPS) is 10.9. The molecule has 0 spiro atoms. The first-order valence-electron chi connectivity index (χ1n) is 3.91. The molecule has 1 rings (SSSR count). The smallest absolute Gasteiger partial charge is 0.306 e. The van der Waals surface area contributed by atoms with Crippen LogP contribution in [0.15, 0.2) is 18.3 Å². The van der Waals surface area contributed by atoms with Gasteiger partial charge in [0.1, 0.15) is 5.82 Å². The van der Waals surface area contributed by atoms with E-state index in [9.17, 15) is 9.00 Å². The minimum atomic E-state index is -3.95. The van der Waals surface area contributed by atoms with Crippen molar-refractivity contribution in [2.75, 3.05) is 11.1 Å². The van der Waals surface area contributed by atoms with Crippen LogP contribution in [0.2, 0.25) is 5.02 Å². The zero-order chi connectivity index (χ0) is 12.2. The van der Waals surface area contributed by atoms with Gasteiger partial charge in [0, 0.05) is 6.20 Å². The summed E-state index contributed by atoms with van der Waals surface area (Å²) in [5, 5.41) is 2.80. The third-order valence-electron chi connectivity index (χ3n) is 1.34. The zero-order valence-corrected chi connectivity index (χ0v) is 10.2. The molecular weight excluding hydrogens is 276 g/mol. The second kappa shape index (κ2) is 5.51. The van der Waals surface area contributed by atoms with Gasteiger partial charge < -0.3 is 5.32 Å². The summed E-state index contributed by atoms with van der Waals surface area (Å²) >= 11 is 5.59. The van der Waals surface area contributed by atoms with E-state index in [2.05, 4.69) is 10.3 Å². The van der Waals surface area contributed by atoms with Crippen LogP contribution in [-0.4, -0.2) is 30.0 Å². The van der Waals surface area contributed by atoms with E-state index in [1.807, 2.05) is 0 Å². The van der Waals surface area contributed by atoms with Gasteiger partial charge in [-0.05, 0) is 12.1 Å². The molecule has 0 unspecified atom stereocenters. The van der Waals surface area contributed by atoms with Crippen molar-refractivity contribution in [3.05, 3.63) is 23.4 Å². The van der Waals surface area contributed by atoms with E-state index in [0.29, 0.717) is 5.02 Å². The molecule has 1 heterocycles. The van der Waals surface area contributed by atoms with Gasteiger partial charge in [0.25, 0.3) is 11.7 Å². The van der Waals surface area contributed by atoms with E-state index in [1.54, 1.807) is 6.07 Å². The van der Waals surface area contributed by atoms with Crippen molar-refractivity contribution in [3.8, 4) is 0 Å². The molecule has 88 valence electrons. The molecule has 1 aromatic rings. The Hall–Kier alpha value is -0.800. The lowest BCUT2D eigenvalue weighted by atomic mass is 10.4. The number of pyridine rings is 1. The van der Waals surface area contributed by atoms with Gasteiger partial charge in [-0.2, -0.15) is 4.21 Å². The third-order valence-corrected chi connectivity index (χ3v) is 3.52. The molecule has 0 aromatic carbocycles. The standard InChI is InChI=1S/C7H7ClN2O4S2/c8-5-1-2-6(9-3-5)10-7(11)4-15-16(12,13)14/h1-3H,4H2,(H2-,9,10,11,12,13,14)/p+1. The van der Waals surface area contributed by atoms with Gasteiger partial charge in [0.05, 0.1) is 5.02 Å². The summed E-state index contributed by atoms with van der Waals surface area (Å²) in [6, 6.07) is 3.03. The summed E-state index contributed by atoms with van der Waals surface area (Å²) in [6.07, 6.45) is 1.35. The van der Waals surface area contributed by atoms with Gasteiger partial charge in [0.2, 0.25) is 0 Å². The number of amides is 1. The number of nitrogens with zero attached hydrogens (tertiary/aromatic N) is 1. The predicted octanol–water partition coefficient (Wildman–Crippen LogP) is 0.901. The summed E-state index contributed by atoms with van der Waals surface area (Å²) in [7, 11) is -3.72. The maximum Gasteiger partial charge on any atom is 0.430 e. The first-order chi connectivity index (χ1) is 7.37. The number of hydrogen-bond donors (Lipinski definition) is 3. The Labute approximate surface area is 100 Å². The first-order valence-corrected chi connectivity index (χ1v) is 7.27. The van der Waals surface area contributed by atoms with Crippen LogP contribution in [0.3, 0.4) is 0 Å². The molecule has 0 aliphatic heterocycles. The summed E-state index contributed by atoms with van der Waals surface area (Å²) in [6.45, 7) is 0. The molecular formula is C7H8ClN2O4S2+. The highest BCUT2D eigenvalue weighted by Crippen LogP contribution is 2.09. The van der Waals surface area contributed by atoms with Crippen molar-refractivity contribution in [2.45, 2.75) is 0 Å². The summed E-state index contributed by atoms with van der Waals surface area (Å²) in [5.74, 6) is -0.621. The summed E-state index contributed by atoms with van der Waals surface area (Å²) < 4.78 is 27.5. The van der Waals surface area contributed by atoms with Gasteiger partial charge in [-0.3, -0.25) is 13.9 Å². The van der Waals surface area contributed by atoms with Crippen LogP contribution >= 0.6 is 11.6 Å². The second-order valence-corrected chi connectivity index (χ2v) is 6.49. The van der Waals surface area contributed by atoms with E-state index in [0.717, 1.165) is 0 Å². The highest BCUT2D eigenvalue weighted by atomic mass is 35.5. The van der Waals surface area contributed by atoms with Crippen LogP contribution in [0.1, 0.15) is 0 Å². The van der Waals surface area contributed by atoms with Crippen molar-refractivity contribution in [1.82, 2.24) is 4.98 Å². The molecule has 0 saturated carbocycles. The van der Waals surface area contributed by atoms with Crippen LogP contribution < -0.4 is 5.32 Å². The average molecular weight is 284 g/mol. The molecule has 0 aliphatic rings. The van der Waals surface area contributed by atoms with Gasteiger partial charge in [-0.15, -0.1) is 0 Å². The van der Waals surface area contributed by atoms with E-state index in [4.69, 9.17) is 20.7 Å². The molecule has 1 aromatic heterocycles. The quantitative estimate of drug-likeness (QED) is 0.716. The topological polar surface area (TPSA) is 99.5 Å². The van der Waals surface area contributed by atoms with E-state index in [1.165, 1.54) is 12.3 Å². The largest absolute Gasteiger partial charge is 0.430 e. The first kappa shape index (κ1) is 13.3. The van der Waals surface area contributed by atoms with Crippen molar-refractivity contribution >= 4 is 42.7 Å². The zero-order valence-electron chi connectivity index (χ0n) is 7.79. The number of anilines is 1. The molecule has 0 atom stereocenters. The Balaban J connectivity index is 2.59. The fourth-order valence-electron chi connectivity index (χ4n) is 0.759. The fourth-order valence-corrected chi connectivity index (χ4v) is 1.99. The predicted molar refractivity (Wildman–Crippen MR) is 63.5 cm³/mol. The molecule has 0 bridgehead atoms. The molecule has 0 saturated heterocycles. The van der Waals surface area contributed by atoms with Gasteiger partial charge in [0.15, 0.2) is 0 Å². The highest BCUT2D eigenvalue weighted by Gasteiger charge is 2.15. The average Bonchev–Trinajstić information content (AvgIpc) is 2.18. The molecule has 3 N–H and O–H groups in total. The van der Waals surface area contributed by atoms with Crippen LogP contribution in [0, 0.1) is 0 Å². The molecule has 16 heavy (non-hydrogen) atoms. The lowest BCUT2D eigenvalue weighted by Crippen LogP contribution is -2.17. The molecule has 0 radical (unpaired) electrons. The molecule has 6 nitrogen and oxygen atoms in total. The Morgan fingerprint density at radius 3 is 2.75 bits per heavy atom. The van der Waals surface area contributed by atoms with E-state index in [-0.39, 0.29) is 21.9 Å². The maximum atomic E-state index is 11.2.